The van der Waals surface area contributed by atoms with Crippen LogP contribution in [0.3, 0.4) is 0 Å². The predicted octanol–water partition coefficient (Wildman–Crippen LogP) is 10.9. The fourth-order valence-electron chi connectivity index (χ4n) is 5.77. The van der Waals surface area contributed by atoms with Crippen LogP contribution in [0.1, 0.15) is 0 Å². The maximum atomic E-state index is 12.5. The zero-order valence-electron chi connectivity index (χ0n) is 30.0. The highest BCUT2D eigenvalue weighted by Crippen LogP contribution is 2.44. The highest BCUT2D eigenvalue weighted by atomic mass is 79.9. The van der Waals surface area contributed by atoms with Crippen molar-refractivity contribution in [2.24, 2.45) is 0 Å². The number of aromatic nitrogens is 4. The van der Waals surface area contributed by atoms with Gasteiger partial charge in [0.1, 0.15) is 39.3 Å². The van der Waals surface area contributed by atoms with Crippen molar-refractivity contribution in [1.82, 2.24) is 19.9 Å². The van der Waals surface area contributed by atoms with Crippen LogP contribution in [0.4, 0.5) is 39.5 Å². The molecule has 2 N–H and O–H groups in total. The van der Waals surface area contributed by atoms with Crippen molar-refractivity contribution in [2.45, 2.75) is 19.1 Å². The van der Waals surface area contributed by atoms with E-state index in [1.165, 1.54) is 49.8 Å². The van der Waals surface area contributed by atoms with Gasteiger partial charge in [-0.05, 0) is 84.8 Å². The Balaban J connectivity index is 0.000000168. The molecule has 4 heterocycles. The first-order valence-electron chi connectivity index (χ1n) is 16.8. The van der Waals surface area contributed by atoms with Gasteiger partial charge in [0.25, 0.3) is 0 Å². The van der Waals surface area contributed by atoms with E-state index in [4.69, 9.17) is 27.7 Å². The summed E-state index contributed by atoms with van der Waals surface area (Å²) in [4.78, 5) is 16.6. The number of oxazole rings is 4. The van der Waals surface area contributed by atoms with Crippen molar-refractivity contribution >= 4 is 88.8 Å². The second kappa shape index (κ2) is 17.2. The predicted molar refractivity (Wildman–Crippen MR) is 206 cm³/mol. The smallest absolute Gasteiger partial charge is 0.443 e. The molecule has 62 heavy (non-hydrogen) atoms. The Bertz CT molecular complexity index is 2710. The van der Waals surface area contributed by atoms with Crippen LogP contribution in [-0.2, 0) is 0 Å². The fourth-order valence-corrected chi connectivity index (χ4v) is 6.90. The summed E-state index contributed by atoms with van der Waals surface area (Å²) < 4.78 is 144. The normalized spacial score (nSPS) is 12.0. The third-order valence-corrected chi connectivity index (χ3v) is 9.65. The molecule has 0 unspecified atom stereocenters. The number of benzene rings is 5. The molecule has 0 atom stereocenters. The highest BCUT2D eigenvalue weighted by Gasteiger charge is 2.33. The standard InChI is InChI=1S/C22H10F6N2O4.C8H2Br2N2O2.C7H6BF3O3/c23-21(24,25)33-13-5-1-11(2-6-13)15-17-20(32-9-29-17)16(18-19(15)31-10-30-18)12-3-7-14(8-4-12)34-22(26,27)28;9-3-5-7(13-1-11-5)4(10)6-8(3)14-2-12-6;9-7(10,11)14-6-3-1-5(2-4-6)8(12)13/h1-10H;1-2H;1-4,12-13H. The van der Waals surface area contributed by atoms with Gasteiger partial charge < -0.3 is 41.9 Å². The summed E-state index contributed by atoms with van der Waals surface area (Å²) >= 11 is 6.80. The van der Waals surface area contributed by atoms with E-state index >= 15 is 0 Å². The second-order valence-corrected chi connectivity index (χ2v) is 13.7. The van der Waals surface area contributed by atoms with E-state index in [1.54, 1.807) is 0 Å². The van der Waals surface area contributed by atoms with Gasteiger partial charge >= 0.3 is 26.2 Å². The Morgan fingerprint density at radius 1 is 0.435 bits per heavy atom. The maximum Gasteiger partial charge on any atom is 0.573 e. The van der Waals surface area contributed by atoms with E-state index in [9.17, 15) is 39.5 Å². The Morgan fingerprint density at radius 2 is 0.726 bits per heavy atom. The molecule has 0 bridgehead atoms. The van der Waals surface area contributed by atoms with Gasteiger partial charge in [-0.25, -0.2) is 19.9 Å². The lowest BCUT2D eigenvalue weighted by Crippen LogP contribution is -2.29. The van der Waals surface area contributed by atoms with E-state index in [1.807, 2.05) is 0 Å². The molecule has 320 valence electrons. The lowest BCUT2D eigenvalue weighted by molar-refractivity contribution is -0.275. The first kappa shape index (κ1) is 43.8. The molecule has 0 aliphatic rings. The number of rotatable bonds is 6. The zero-order chi connectivity index (χ0) is 44.6. The molecule has 13 nitrogen and oxygen atoms in total. The third kappa shape index (κ3) is 9.90. The summed E-state index contributed by atoms with van der Waals surface area (Å²) in [5, 5.41) is 17.3. The van der Waals surface area contributed by atoms with Crippen LogP contribution in [0.2, 0.25) is 0 Å². The molecule has 0 radical (unpaired) electrons. The molecular formula is C37H18BBr2F9N4O9. The van der Waals surface area contributed by atoms with Gasteiger partial charge in [-0.2, -0.15) is 0 Å². The number of halogens is 11. The third-order valence-electron chi connectivity index (χ3n) is 8.18. The average molecular weight is 1000 g/mol. The summed E-state index contributed by atoms with van der Waals surface area (Å²) in [5.74, 6) is -1.21. The summed E-state index contributed by atoms with van der Waals surface area (Å²) in [6, 6.07) is 14.4. The Hall–Kier alpha value is -6.31. The van der Waals surface area contributed by atoms with E-state index in [2.05, 4.69) is 66.0 Å². The van der Waals surface area contributed by atoms with Crippen LogP contribution >= 0.6 is 31.9 Å². The molecule has 0 aliphatic carbocycles. The van der Waals surface area contributed by atoms with Gasteiger partial charge in [0.2, 0.25) is 0 Å². The topological polar surface area (TPSA) is 172 Å². The lowest BCUT2D eigenvalue weighted by Gasteiger charge is -2.12. The minimum Gasteiger partial charge on any atom is -0.443 e. The average Bonchev–Trinajstić information content (AvgIpc) is 4.03. The number of fused-ring (bicyclic) bond motifs is 4. The maximum absolute atomic E-state index is 12.5. The van der Waals surface area contributed by atoms with Crippen molar-refractivity contribution in [2.75, 3.05) is 0 Å². The summed E-state index contributed by atoms with van der Waals surface area (Å²) in [6.07, 6.45) is -9.29. The largest absolute Gasteiger partial charge is 0.573 e. The van der Waals surface area contributed by atoms with Crippen LogP contribution in [-0.4, -0.2) is 56.2 Å². The number of hydrogen-bond donors (Lipinski definition) is 2. The van der Waals surface area contributed by atoms with Gasteiger partial charge in [0.05, 0.1) is 20.1 Å². The highest BCUT2D eigenvalue weighted by molar-refractivity contribution is 9.11. The lowest BCUT2D eigenvalue weighted by atomic mass is 9.80. The van der Waals surface area contributed by atoms with Crippen molar-refractivity contribution in [3.63, 3.8) is 0 Å². The van der Waals surface area contributed by atoms with Crippen LogP contribution in [0.5, 0.6) is 17.2 Å². The molecule has 0 amide bonds. The van der Waals surface area contributed by atoms with Gasteiger partial charge in [-0.1, -0.05) is 36.4 Å². The number of ether oxygens (including phenoxy) is 3. The van der Waals surface area contributed by atoms with Crippen LogP contribution in [0.25, 0.3) is 66.7 Å². The Kier molecular flexibility index (Phi) is 12.2. The Morgan fingerprint density at radius 3 is 1.03 bits per heavy atom. The van der Waals surface area contributed by atoms with Crippen LogP contribution < -0.4 is 19.7 Å². The minimum atomic E-state index is -4.83. The van der Waals surface area contributed by atoms with E-state index in [0.29, 0.717) is 44.5 Å². The molecule has 0 fully saturated rings. The molecule has 0 saturated carbocycles. The molecule has 0 spiro atoms. The second-order valence-electron chi connectivity index (χ2n) is 12.1. The summed E-state index contributed by atoms with van der Waals surface area (Å²) in [7, 11) is -1.70. The van der Waals surface area contributed by atoms with Crippen LogP contribution in [0.15, 0.2) is 125 Å². The summed E-state index contributed by atoms with van der Waals surface area (Å²) in [5.41, 5.74) is 5.77. The summed E-state index contributed by atoms with van der Waals surface area (Å²) in [6.45, 7) is 0. The van der Waals surface area contributed by atoms with Gasteiger partial charge in [0, 0.05) is 0 Å². The number of nitrogens with zero attached hydrogens (tertiary/aromatic N) is 4. The molecule has 4 aromatic heterocycles. The number of hydrogen-bond acceptors (Lipinski definition) is 13. The quantitative estimate of drug-likeness (QED) is 0.119. The molecule has 5 aromatic carbocycles. The van der Waals surface area contributed by atoms with Crippen molar-refractivity contribution in [3.05, 3.63) is 107 Å². The van der Waals surface area contributed by atoms with Crippen LogP contribution in [0, 0.1) is 0 Å². The monoisotopic (exact) mass is 1000 g/mol. The fraction of sp³-hybridized carbons (Fsp3) is 0.0811. The Labute approximate surface area is 355 Å². The first-order valence-corrected chi connectivity index (χ1v) is 18.3. The molecule has 9 aromatic rings. The van der Waals surface area contributed by atoms with E-state index in [-0.39, 0.29) is 16.6 Å². The zero-order valence-corrected chi connectivity index (χ0v) is 33.2. The molecular weight excluding hydrogens is 986 g/mol. The SMILES string of the molecule is Brc1c2ncoc2c(Br)c2ncoc12.FC(F)(F)Oc1ccc(-c2c3ncoc3c(-c3ccc(OC(F)(F)F)cc3)c3ncoc23)cc1.OB(O)c1ccc(OC(F)(F)F)cc1. The molecule has 0 saturated heterocycles. The molecule has 25 heteroatoms. The van der Waals surface area contributed by atoms with Crippen molar-refractivity contribution < 1.29 is 81.4 Å². The van der Waals surface area contributed by atoms with E-state index in [0.717, 1.165) is 68.5 Å². The first-order chi connectivity index (χ1) is 29.3. The van der Waals surface area contributed by atoms with Gasteiger partial charge in [-0.15, -0.1) is 39.5 Å². The molecule has 0 aliphatic heterocycles. The van der Waals surface area contributed by atoms with E-state index < -0.39 is 43.5 Å². The van der Waals surface area contributed by atoms with Crippen molar-refractivity contribution in [1.29, 1.82) is 0 Å². The van der Waals surface area contributed by atoms with Crippen molar-refractivity contribution in [3.8, 4) is 39.5 Å². The minimum absolute atomic E-state index is 0.0968. The van der Waals surface area contributed by atoms with Gasteiger partial charge in [-0.3, -0.25) is 0 Å². The number of alkyl halides is 9. The molecule has 9 rings (SSSR count). The van der Waals surface area contributed by atoms with Gasteiger partial charge in [0.15, 0.2) is 47.9 Å².